The molecule has 6 nitrogen and oxygen atoms in total. The molecule has 0 radical (unpaired) electrons. The van der Waals surface area contributed by atoms with Gasteiger partial charge in [-0.15, -0.1) is 12.4 Å². The number of sulfonamides is 1. The number of carbonyl (C=O) groups is 1. The van der Waals surface area contributed by atoms with E-state index in [0.717, 1.165) is 6.42 Å². The molecule has 148 valence electrons. The molecule has 1 aliphatic rings. The molecule has 1 aromatic carbocycles. The van der Waals surface area contributed by atoms with Crippen LogP contribution in [0.4, 0.5) is 0 Å². The van der Waals surface area contributed by atoms with Crippen LogP contribution in [0.1, 0.15) is 37.6 Å². The van der Waals surface area contributed by atoms with Crippen LogP contribution in [-0.4, -0.2) is 44.8 Å². The summed E-state index contributed by atoms with van der Waals surface area (Å²) in [5.74, 6) is 0.692. The molecule has 26 heavy (non-hydrogen) atoms. The number of nitrogens with zero attached hydrogens (tertiary/aromatic N) is 1. The average Bonchev–Trinajstić information content (AvgIpc) is 2.58. The van der Waals surface area contributed by atoms with Crippen molar-refractivity contribution in [1.29, 1.82) is 0 Å². The normalized spacial score (nSPS) is 22.3. The van der Waals surface area contributed by atoms with E-state index in [1.54, 1.807) is 16.4 Å². The molecule has 1 aromatic rings. The van der Waals surface area contributed by atoms with Crippen molar-refractivity contribution >= 4 is 28.3 Å². The zero-order valence-corrected chi connectivity index (χ0v) is 17.3. The van der Waals surface area contributed by atoms with Crippen molar-refractivity contribution in [2.24, 2.45) is 23.5 Å². The minimum Gasteiger partial charge on any atom is -0.352 e. The van der Waals surface area contributed by atoms with Crippen molar-refractivity contribution in [3.05, 3.63) is 29.8 Å². The molecule has 3 atom stereocenters. The number of amides is 1. The third-order valence-electron chi connectivity index (χ3n) is 4.60. The van der Waals surface area contributed by atoms with Gasteiger partial charge < -0.3 is 11.1 Å². The van der Waals surface area contributed by atoms with Crippen molar-refractivity contribution in [2.45, 2.75) is 32.1 Å². The first-order valence-electron chi connectivity index (χ1n) is 8.82. The van der Waals surface area contributed by atoms with Gasteiger partial charge in [0.1, 0.15) is 0 Å². The van der Waals surface area contributed by atoms with Gasteiger partial charge in [-0.25, -0.2) is 8.42 Å². The summed E-state index contributed by atoms with van der Waals surface area (Å²) in [6, 6.07) is 6.15. The molecule has 0 saturated carbocycles. The number of carbonyl (C=O) groups excluding carboxylic acids is 1. The van der Waals surface area contributed by atoms with Gasteiger partial charge in [-0.2, -0.15) is 4.31 Å². The van der Waals surface area contributed by atoms with Crippen LogP contribution in [0.3, 0.4) is 0 Å². The average molecular weight is 404 g/mol. The van der Waals surface area contributed by atoms with Crippen molar-refractivity contribution in [3.63, 3.8) is 0 Å². The molecule has 1 heterocycles. The first-order chi connectivity index (χ1) is 11.7. The lowest BCUT2D eigenvalue weighted by molar-refractivity contribution is 0.0948. The molecular formula is C18H30ClN3O3S. The predicted molar refractivity (Wildman–Crippen MR) is 106 cm³/mol. The molecule has 1 amide bonds. The lowest BCUT2D eigenvalue weighted by Crippen LogP contribution is -2.42. The van der Waals surface area contributed by atoms with Crippen LogP contribution in [0.15, 0.2) is 29.2 Å². The summed E-state index contributed by atoms with van der Waals surface area (Å²) in [6.07, 6.45) is 1.05. The Hall–Kier alpha value is -1.15. The van der Waals surface area contributed by atoms with Gasteiger partial charge in [-0.05, 0) is 55.0 Å². The van der Waals surface area contributed by atoms with Crippen LogP contribution in [0.2, 0.25) is 0 Å². The predicted octanol–water partition coefficient (Wildman–Crippen LogP) is 2.10. The first-order valence-corrected chi connectivity index (χ1v) is 10.3. The monoisotopic (exact) mass is 403 g/mol. The van der Waals surface area contributed by atoms with E-state index in [0.29, 0.717) is 43.6 Å². The largest absolute Gasteiger partial charge is 0.352 e. The topological polar surface area (TPSA) is 92.5 Å². The molecule has 0 spiro atoms. The summed E-state index contributed by atoms with van der Waals surface area (Å²) in [6.45, 7) is 8.21. The maximum atomic E-state index is 12.8. The zero-order valence-electron chi connectivity index (χ0n) is 15.6. The lowest BCUT2D eigenvalue weighted by atomic mass is 9.94. The van der Waals surface area contributed by atoms with E-state index < -0.39 is 10.0 Å². The van der Waals surface area contributed by atoms with Gasteiger partial charge in [0, 0.05) is 25.2 Å². The van der Waals surface area contributed by atoms with Crippen molar-refractivity contribution in [1.82, 2.24) is 9.62 Å². The van der Waals surface area contributed by atoms with Crippen LogP contribution in [0.25, 0.3) is 0 Å². The highest BCUT2D eigenvalue weighted by Crippen LogP contribution is 2.26. The van der Waals surface area contributed by atoms with E-state index in [4.69, 9.17) is 5.73 Å². The van der Waals surface area contributed by atoms with Gasteiger partial charge in [-0.1, -0.05) is 20.8 Å². The molecule has 0 bridgehead atoms. The summed E-state index contributed by atoms with van der Waals surface area (Å²) in [4.78, 5) is 12.3. The molecule has 0 aliphatic carbocycles. The number of hydrogen-bond donors (Lipinski definition) is 2. The number of rotatable bonds is 6. The number of nitrogens with two attached hydrogens (primary N) is 1. The highest BCUT2D eigenvalue weighted by atomic mass is 35.5. The van der Waals surface area contributed by atoms with Gasteiger partial charge >= 0.3 is 0 Å². The van der Waals surface area contributed by atoms with E-state index in [2.05, 4.69) is 19.2 Å². The van der Waals surface area contributed by atoms with E-state index >= 15 is 0 Å². The van der Waals surface area contributed by atoms with Crippen LogP contribution >= 0.6 is 12.4 Å². The smallest absolute Gasteiger partial charge is 0.251 e. The summed E-state index contributed by atoms with van der Waals surface area (Å²) >= 11 is 0. The van der Waals surface area contributed by atoms with Crippen molar-refractivity contribution in [3.8, 4) is 0 Å². The zero-order chi connectivity index (χ0) is 18.6. The van der Waals surface area contributed by atoms with Crippen LogP contribution < -0.4 is 11.1 Å². The summed E-state index contributed by atoms with van der Waals surface area (Å²) in [5, 5.41) is 2.80. The number of benzene rings is 1. The second-order valence-electron chi connectivity index (χ2n) is 7.34. The Bertz CT molecular complexity index is 684. The van der Waals surface area contributed by atoms with Gasteiger partial charge in [0.2, 0.25) is 10.0 Å². The fourth-order valence-corrected chi connectivity index (χ4v) is 4.86. The second kappa shape index (κ2) is 9.69. The minimum atomic E-state index is -3.51. The van der Waals surface area contributed by atoms with E-state index in [9.17, 15) is 13.2 Å². The van der Waals surface area contributed by atoms with Gasteiger partial charge in [0.15, 0.2) is 0 Å². The van der Waals surface area contributed by atoms with Gasteiger partial charge in [-0.3, -0.25) is 4.79 Å². The van der Waals surface area contributed by atoms with Crippen LogP contribution in [-0.2, 0) is 10.0 Å². The fraction of sp³-hybridized carbons (Fsp3) is 0.611. The van der Waals surface area contributed by atoms with Gasteiger partial charge in [0.25, 0.3) is 5.91 Å². The highest BCUT2D eigenvalue weighted by Gasteiger charge is 2.31. The SMILES string of the molecule is CC(CN)CNC(=O)c1ccc(S(=O)(=O)N2CC(C)CC(C)C2)cc1.Cl. The van der Waals surface area contributed by atoms with E-state index in [1.165, 1.54) is 12.1 Å². The molecule has 1 saturated heterocycles. The van der Waals surface area contributed by atoms with Crippen LogP contribution in [0.5, 0.6) is 0 Å². The molecule has 8 heteroatoms. The Balaban J connectivity index is 0.00000338. The maximum Gasteiger partial charge on any atom is 0.251 e. The third-order valence-corrected chi connectivity index (χ3v) is 6.45. The third kappa shape index (κ3) is 5.67. The summed E-state index contributed by atoms with van der Waals surface area (Å²) in [7, 11) is -3.51. The molecule has 3 N–H and O–H groups in total. The summed E-state index contributed by atoms with van der Waals surface area (Å²) < 4.78 is 27.2. The Morgan fingerprint density at radius 3 is 2.27 bits per heavy atom. The standard InChI is InChI=1S/C18H29N3O3S.ClH/c1-13-8-14(2)12-21(11-13)25(23,24)17-6-4-16(5-7-17)18(22)20-10-15(3)9-19;/h4-7,13-15H,8-12,19H2,1-3H3,(H,20,22);1H. The molecule has 0 aromatic heterocycles. The number of piperidine rings is 1. The maximum absolute atomic E-state index is 12.8. The van der Waals surface area contributed by atoms with Crippen molar-refractivity contribution < 1.29 is 13.2 Å². The summed E-state index contributed by atoms with van der Waals surface area (Å²) in [5.41, 5.74) is 5.98. The van der Waals surface area contributed by atoms with Gasteiger partial charge in [0.05, 0.1) is 4.90 Å². The second-order valence-corrected chi connectivity index (χ2v) is 9.28. The molecular weight excluding hydrogens is 374 g/mol. The molecule has 1 fully saturated rings. The van der Waals surface area contributed by atoms with E-state index in [-0.39, 0.29) is 29.1 Å². The van der Waals surface area contributed by atoms with Crippen molar-refractivity contribution in [2.75, 3.05) is 26.2 Å². The number of hydrogen-bond acceptors (Lipinski definition) is 4. The lowest BCUT2D eigenvalue weighted by Gasteiger charge is -2.34. The Morgan fingerprint density at radius 1 is 1.23 bits per heavy atom. The first kappa shape index (κ1) is 22.9. The Kier molecular flexibility index (Phi) is 8.53. The van der Waals surface area contributed by atoms with E-state index in [1.807, 2.05) is 6.92 Å². The highest BCUT2D eigenvalue weighted by molar-refractivity contribution is 7.89. The molecule has 1 aliphatic heterocycles. The fourth-order valence-electron chi connectivity index (χ4n) is 3.18. The number of nitrogens with one attached hydrogen (secondary N) is 1. The minimum absolute atomic E-state index is 0. The number of halogens is 1. The molecule has 2 rings (SSSR count). The molecule has 3 unspecified atom stereocenters. The quantitative estimate of drug-likeness (QED) is 0.760. The Morgan fingerprint density at radius 2 is 1.77 bits per heavy atom. The Labute approximate surface area is 163 Å². The van der Waals surface area contributed by atoms with Crippen LogP contribution in [0, 0.1) is 17.8 Å².